The third-order valence-corrected chi connectivity index (χ3v) is 4.10. The number of rotatable bonds is 8. The Morgan fingerprint density at radius 3 is 2.44 bits per heavy atom. The van der Waals surface area contributed by atoms with Gasteiger partial charge in [0.25, 0.3) is 5.91 Å². The monoisotopic (exact) mass is 392 g/mol. The largest absolute Gasteiger partial charge is 0.493 e. The van der Waals surface area contributed by atoms with Crippen LogP contribution in [0.25, 0.3) is 0 Å². The van der Waals surface area contributed by atoms with E-state index in [1.54, 1.807) is 37.4 Å². The predicted octanol–water partition coefficient (Wildman–Crippen LogP) is 2.78. The molecule has 8 heteroatoms. The summed E-state index contributed by atoms with van der Waals surface area (Å²) in [5.74, 6) is 0.822. The number of hydrogen-bond donors (Lipinski definition) is 2. The van der Waals surface area contributed by atoms with Crippen LogP contribution in [-0.4, -0.2) is 33.8 Å². The lowest BCUT2D eigenvalue weighted by atomic mass is 10.1. The Kier molecular flexibility index (Phi) is 6.68. The van der Waals surface area contributed by atoms with Crippen LogP contribution in [0.3, 0.4) is 0 Å². The summed E-state index contributed by atoms with van der Waals surface area (Å²) >= 11 is 0. The Morgan fingerprint density at radius 2 is 1.81 bits per heavy atom. The molecule has 2 rings (SSSR count). The van der Waals surface area contributed by atoms with Gasteiger partial charge in [-0.05, 0) is 43.7 Å². The number of ether oxygens (including phenoxy) is 2. The van der Waals surface area contributed by atoms with Crippen LogP contribution in [0.4, 0.5) is 5.69 Å². The lowest BCUT2D eigenvalue weighted by Gasteiger charge is -2.15. The summed E-state index contributed by atoms with van der Waals surface area (Å²) in [5, 5.41) is 2.78. The number of benzene rings is 2. The van der Waals surface area contributed by atoms with E-state index in [1.165, 1.54) is 6.07 Å². The van der Waals surface area contributed by atoms with E-state index >= 15 is 0 Å². The minimum atomic E-state index is -3.48. The van der Waals surface area contributed by atoms with Gasteiger partial charge in [-0.25, -0.2) is 8.42 Å². The number of nitrogens with one attached hydrogen (secondary N) is 2. The fraction of sp³-hybridized carbons (Fsp3) is 0.316. The summed E-state index contributed by atoms with van der Waals surface area (Å²) in [5.41, 5.74) is 1.30. The number of hydrogen-bond acceptors (Lipinski definition) is 5. The highest BCUT2D eigenvalue weighted by atomic mass is 32.2. The molecular weight excluding hydrogens is 368 g/mol. The lowest BCUT2D eigenvalue weighted by molar-refractivity contribution is 0.0951. The van der Waals surface area contributed by atoms with Crippen LogP contribution in [0.2, 0.25) is 0 Å². The molecule has 2 N–H and O–H groups in total. The Hall–Kier alpha value is -2.74. The molecule has 2 aromatic rings. The van der Waals surface area contributed by atoms with E-state index in [9.17, 15) is 13.2 Å². The third-order valence-electron chi connectivity index (χ3n) is 3.51. The minimum absolute atomic E-state index is 0.0169. The molecule has 0 radical (unpaired) electrons. The summed E-state index contributed by atoms with van der Waals surface area (Å²) < 4.78 is 36.3. The number of amides is 1. The quantitative estimate of drug-likeness (QED) is 0.720. The number of anilines is 1. The molecule has 146 valence electrons. The highest BCUT2D eigenvalue weighted by molar-refractivity contribution is 7.92. The van der Waals surface area contributed by atoms with Crippen LogP contribution >= 0.6 is 0 Å². The van der Waals surface area contributed by atoms with Crippen LogP contribution < -0.4 is 19.5 Å². The molecule has 1 amide bonds. The molecular formula is C19H24N2O5S. The van der Waals surface area contributed by atoms with Crippen LogP contribution in [-0.2, 0) is 16.6 Å². The topological polar surface area (TPSA) is 93.7 Å². The van der Waals surface area contributed by atoms with Gasteiger partial charge in [0.05, 0.1) is 30.7 Å². The van der Waals surface area contributed by atoms with Gasteiger partial charge in [-0.2, -0.15) is 0 Å². The van der Waals surface area contributed by atoms with Crippen molar-refractivity contribution in [3.63, 3.8) is 0 Å². The molecule has 0 aliphatic carbocycles. The maximum absolute atomic E-state index is 12.5. The maximum atomic E-state index is 12.5. The predicted molar refractivity (Wildman–Crippen MR) is 105 cm³/mol. The Morgan fingerprint density at radius 1 is 1.11 bits per heavy atom. The average molecular weight is 392 g/mol. The number of methoxy groups -OCH3 is 1. The van der Waals surface area contributed by atoms with Crippen molar-refractivity contribution in [3.05, 3.63) is 53.6 Å². The first-order chi connectivity index (χ1) is 12.7. The van der Waals surface area contributed by atoms with Gasteiger partial charge in [0.2, 0.25) is 10.0 Å². The van der Waals surface area contributed by atoms with Crippen LogP contribution in [0.15, 0.2) is 42.5 Å². The molecule has 0 aliphatic heterocycles. The summed E-state index contributed by atoms with van der Waals surface area (Å²) in [4.78, 5) is 12.5. The van der Waals surface area contributed by atoms with Crippen molar-refractivity contribution in [3.8, 4) is 11.5 Å². The molecule has 7 nitrogen and oxygen atoms in total. The second kappa shape index (κ2) is 8.77. The highest BCUT2D eigenvalue weighted by Crippen LogP contribution is 2.29. The average Bonchev–Trinajstić information content (AvgIpc) is 2.59. The third kappa shape index (κ3) is 6.18. The summed E-state index contributed by atoms with van der Waals surface area (Å²) in [6.45, 7) is 4.11. The van der Waals surface area contributed by atoms with E-state index in [0.29, 0.717) is 11.5 Å². The molecule has 0 spiro atoms. The van der Waals surface area contributed by atoms with Gasteiger partial charge in [-0.3, -0.25) is 9.52 Å². The Labute approximate surface area is 159 Å². The van der Waals surface area contributed by atoms with Crippen molar-refractivity contribution in [1.29, 1.82) is 0 Å². The van der Waals surface area contributed by atoms with Crippen molar-refractivity contribution in [2.24, 2.45) is 0 Å². The van der Waals surface area contributed by atoms with Crippen molar-refractivity contribution < 1.29 is 22.7 Å². The molecule has 0 unspecified atom stereocenters. The van der Waals surface area contributed by atoms with Crippen molar-refractivity contribution >= 4 is 21.6 Å². The maximum Gasteiger partial charge on any atom is 0.253 e. The number of carbonyl (C=O) groups excluding carboxylic acids is 1. The van der Waals surface area contributed by atoms with E-state index in [0.717, 1.165) is 11.8 Å². The number of sulfonamides is 1. The molecule has 0 aliphatic rings. The van der Waals surface area contributed by atoms with Crippen molar-refractivity contribution in [1.82, 2.24) is 5.32 Å². The SMILES string of the molecule is COc1cc(CNC(=O)c2ccccc2NS(C)(=O)=O)ccc1OC(C)C. The van der Waals surface area contributed by atoms with E-state index < -0.39 is 10.0 Å². The molecule has 0 aromatic heterocycles. The zero-order chi connectivity index (χ0) is 20.0. The molecule has 0 fully saturated rings. The second-order valence-electron chi connectivity index (χ2n) is 6.25. The molecule has 27 heavy (non-hydrogen) atoms. The van der Waals surface area contributed by atoms with Crippen molar-refractivity contribution in [2.45, 2.75) is 26.5 Å². The van der Waals surface area contributed by atoms with Gasteiger partial charge in [0.1, 0.15) is 0 Å². The fourth-order valence-electron chi connectivity index (χ4n) is 2.42. The van der Waals surface area contributed by atoms with Gasteiger partial charge in [-0.15, -0.1) is 0 Å². The Bertz CT molecular complexity index is 910. The normalized spacial score (nSPS) is 11.1. The van der Waals surface area contributed by atoms with Gasteiger partial charge >= 0.3 is 0 Å². The van der Waals surface area contributed by atoms with Crippen molar-refractivity contribution in [2.75, 3.05) is 18.1 Å². The van der Waals surface area contributed by atoms with E-state index in [4.69, 9.17) is 9.47 Å². The lowest BCUT2D eigenvalue weighted by Crippen LogP contribution is -2.24. The van der Waals surface area contributed by atoms with Gasteiger partial charge in [0.15, 0.2) is 11.5 Å². The van der Waals surface area contributed by atoms with Crippen LogP contribution in [0.5, 0.6) is 11.5 Å². The fourth-order valence-corrected chi connectivity index (χ4v) is 3.00. The summed E-state index contributed by atoms with van der Waals surface area (Å²) in [7, 11) is -1.93. The number of carbonyl (C=O) groups is 1. The van der Waals surface area contributed by atoms with Gasteiger partial charge in [-0.1, -0.05) is 18.2 Å². The molecule has 0 heterocycles. The van der Waals surface area contributed by atoms with Gasteiger partial charge in [0, 0.05) is 6.54 Å². The number of para-hydroxylation sites is 1. The van der Waals surface area contributed by atoms with Crippen LogP contribution in [0, 0.1) is 0 Å². The first kappa shape index (κ1) is 20.6. The standard InChI is InChI=1S/C19H24N2O5S/c1-13(2)26-17-10-9-14(11-18(17)25-3)12-20-19(22)15-7-5-6-8-16(15)21-27(4,23)24/h5-11,13,21H,12H2,1-4H3,(H,20,22). The zero-order valence-corrected chi connectivity index (χ0v) is 16.6. The first-order valence-corrected chi connectivity index (χ1v) is 10.3. The van der Waals surface area contributed by atoms with E-state index in [2.05, 4.69) is 10.0 Å². The minimum Gasteiger partial charge on any atom is -0.493 e. The zero-order valence-electron chi connectivity index (χ0n) is 15.8. The first-order valence-electron chi connectivity index (χ1n) is 8.38. The molecule has 0 saturated carbocycles. The van der Waals surface area contributed by atoms with Crippen LogP contribution in [0.1, 0.15) is 29.8 Å². The smallest absolute Gasteiger partial charge is 0.253 e. The second-order valence-corrected chi connectivity index (χ2v) is 8.00. The molecule has 2 aromatic carbocycles. The molecule has 0 atom stereocenters. The molecule has 0 bridgehead atoms. The summed E-state index contributed by atoms with van der Waals surface area (Å²) in [6, 6.07) is 11.8. The molecule has 0 saturated heterocycles. The van der Waals surface area contributed by atoms with E-state index in [-0.39, 0.29) is 29.8 Å². The highest BCUT2D eigenvalue weighted by Gasteiger charge is 2.14. The van der Waals surface area contributed by atoms with Gasteiger partial charge < -0.3 is 14.8 Å². The summed E-state index contributed by atoms with van der Waals surface area (Å²) in [6.07, 6.45) is 1.05. The Balaban J connectivity index is 2.12. The van der Waals surface area contributed by atoms with E-state index in [1.807, 2.05) is 19.9 Å².